The normalized spacial score (nSPS) is 11.3. The Bertz CT molecular complexity index is 1230. The molecule has 4 rings (SSSR count). The Labute approximate surface area is 193 Å². The van der Waals surface area contributed by atoms with Crippen LogP contribution in [0.1, 0.15) is 22.3 Å². The predicted molar refractivity (Wildman–Crippen MR) is 121 cm³/mol. The fraction of sp³-hybridized carbons (Fsp3) is 0.167. The van der Waals surface area contributed by atoms with Crippen LogP contribution in [-0.2, 0) is 6.18 Å². The van der Waals surface area contributed by atoms with Crippen LogP contribution in [0, 0.1) is 0 Å². The molecule has 0 atom stereocenters. The van der Waals surface area contributed by atoms with Crippen LogP contribution in [0.4, 0.5) is 19.0 Å². The standard InChI is InChI=1S/C24H21F3N6O/c25-24(26,27)18-9-10-21(31-15-18)29-12-5-13-30-23(34)20-16-33(19-7-2-1-3-8-19)32-22(20)17-6-4-11-28-14-17/h1-4,6-11,14-16H,5,12-13H2,(H,29,31)(H,30,34). The van der Waals surface area contributed by atoms with Crippen LogP contribution in [0.2, 0.25) is 0 Å². The average molecular weight is 466 g/mol. The largest absolute Gasteiger partial charge is 0.417 e. The summed E-state index contributed by atoms with van der Waals surface area (Å²) >= 11 is 0. The zero-order valence-electron chi connectivity index (χ0n) is 18.0. The third kappa shape index (κ3) is 5.58. The number of nitrogens with zero attached hydrogens (tertiary/aromatic N) is 4. The summed E-state index contributed by atoms with van der Waals surface area (Å²) in [6, 6.07) is 15.3. The van der Waals surface area contributed by atoms with E-state index in [1.165, 1.54) is 6.07 Å². The maximum atomic E-state index is 12.9. The van der Waals surface area contributed by atoms with Crippen LogP contribution >= 0.6 is 0 Å². The number of hydrogen-bond acceptors (Lipinski definition) is 5. The first-order chi connectivity index (χ1) is 16.4. The fourth-order valence-corrected chi connectivity index (χ4v) is 3.24. The molecular weight excluding hydrogens is 445 g/mol. The Hall–Kier alpha value is -4.21. The van der Waals surface area contributed by atoms with Crippen molar-refractivity contribution in [2.24, 2.45) is 0 Å². The van der Waals surface area contributed by atoms with Crippen molar-refractivity contribution < 1.29 is 18.0 Å². The number of benzene rings is 1. The molecule has 0 spiro atoms. The van der Waals surface area contributed by atoms with Crippen molar-refractivity contribution >= 4 is 11.7 Å². The van der Waals surface area contributed by atoms with E-state index in [0.29, 0.717) is 36.6 Å². The highest BCUT2D eigenvalue weighted by atomic mass is 19.4. The molecular formula is C24H21F3N6O. The van der Waals surface area contributed by atoms with Crippen LogP contribution in [0.15, 0.2) is 79.4 Å². The number of anilines is 1. The first-order valence-electron chi connectivity index (χ1n) is 10.5. The molecule has 0 radical (unpaired) electrons. The summed E-state index contributed by atoms with van der Waals surface area (Å²) in [7, 11) is 0. The van der Waals surface area contributed by atoms with Gasteiger partial charge in [-0.05, 0) is 42.8 Å². The van der Waals surface area contributed by atoms with Gasteiger partial charge in [-0.1, -0.05) is 18.2 Å². The average Bonchev–Trinajstić information content (AvgIpc) is 3.30. The van der Waals surface area contributed by atoms with Gasteiger partial charge in [0.15, 0.2) is 0 Å². The first kappa shape index (κ1) is 23.0. The van der Waals surface area contributed by atoms with Crippen LogP contribution in [-0.4, -0.2) is 38.7 Å². The summed E-state index contributed by atoms with van der Waals surface area (Å²) in [6.45, 7) is 0.785. The molecule has 0 aliphatic carbocycles. The Morgan fingerprint density at radius 3 is 2.47 bits per heavy atom. The molecule has 0 saturated carbocycles. The zero-order valence-corrected chi connectivity index (χ0v) is 18.0. The minimum absolute atomic E-state index is 0.284. The maximum Gasteiger partial charge on any atom is 0.417 e. The van der Waals surface area contributed by atoms with E-state index in [1.807, 2.05) is 36.4 Å². The molecule has 0 fully saturated rings. The molecule has 1 aromatic carbocycles. The predicted octanol–water partition coefficient (Wildman–Crippen LogP) is 4.58. The number of alkyl halides is 3. The van der Waals surface area contributed by atoms with E-state index in [2.05, 4.69) is 25.7 Å². The number of pyridine rings is 2. The Morgan fingerprint density at radius 1 is 0.971 bits per heavy atom. The summed E-state index contributed by atoms with van der Waals surface area (Å²) in [5, 5.41) is 10.4. The molecule has 0 bridgehead atoms. The first-order valence-corrected chi connectivity index (χ1v) is 10.5. The van der Waals surface area contributed by atoms with Crippen LogP contribution in [0.5, 0.6) is 0 Å². The quantitative estimate of drug-likeness (QED) is 0.372. The number of carbonyl (C=O) groups is 1. The van der Waals surface area contributed by atoms with Gasteiger partial charge < -0.3 is 10.6 Å². The molecule has 7 nitrogen and oxygen atoms in total. The van der Waals surface area contributed by atoms with E-state index >= 15 is 0 Å². The fourth-order valence-electron chi connectivity index (χ4n) is 3.24. The third-order valence-corrected chi connectivity index (χ3v) is 4.95. The molecule has 3 aromatic heterocycles. The highest BCUT2D eigenvalue weighted by molar-refractivity contribution is 5.99. The highest BCUT2D eigenvalue weighted by Crippen LogP contribution is 2.28. The van der Waals surface area contributed by atoms with Gasteiger partial charge in [0.05, 0.1) is 16.8 Å². The van der Waals surface area contributed by atoms with Gasteiger partial charge in [0, 0.05) is 43.4 Å². The van der Waals surface area contributed by atoms with Gasteiger partial charge in [0.2, 0.25) is 0 Å². The minimum atomic E-state index is -4.42. The van der Waals surface area contributed by atoms with Crippen molar-refractivity contribution in [3.63, 3.8) is 0 Å². The summed E-state index contributed by atoms with van der Waals surface area (Å²) < 4.78 is 39.5. The molecule has 10 heteroatoms. The second-order valence-electron chi connectivity index (χ2n) is 7.38. The van der Waals surface area contributed by atoms with E-state index in [9.17, 15) is 18.0 Å². The number of hydrogen-bond donors (Lipinski definition) is 2. The molecule has 0 aliphatic rings. The Kier molecular flexibility index (Phi) is 6.86. The molecule has 0 aliphatic heterocycles. The van der Waals surface area contributed by atoms with E-state index in [1.54, 1.807) is 29.3 Å². The van der Waals surface area contributed by atoms with Crippen LogP contribution in [0.3, 0.4) is 0 Å². The molecule has 4 aromatic rings. The van der Waals surface area contributed by atoms with Crippen LogP contribution < -0.4 is 10.6 Å². The minimum Gasteiger partial charge on any atom is -0.370 e. The van der Waals surface area contributed by atoms with Crippen molar-refractivity contribution in [3.05, 3.63) is 90.5 Å². The van der Waals surface area contributed by atoms with Crippen molar-refractivity contribution in [3.8, 4) is 16.9 Å². The third-order valence-electron chi connectivity index (χ3n) is 4.95. The van der Waals surface area contributed by atoms with Crippen LogP contribution in [0.25, 0.3) is 16.9 Å². The van der Waals surface area contributed by atoms with Gasteiger partial charge in [0.25, 0.3) is 5.91 Å². The lowest BCUT2D eigenvalue weighted by Gasteiger charge is -2.09. The second kappa shape index (κ2) is 10.2. The zero-order chi connectivity index (χ0) is 24.0. The summed E-state index contributed by atoms with van der Waals surface area (Å²) in [5.74, 6) is 0.0519. The second-order valence-corrected chi connectivity index (χ2v) is 7.38. The Balaban J connectivity index is 1.37. The maximum absolute atomic E-state index is 12.9. The molecule has 2 N–H and O–H groups in total. The lowest BCUT2D eigenvalue weighted by molar-refractivity contribution is -0.137. The monoisotopic (exact) mass is 466 g/mol. The van der Waals surface area contributed by atoms with Gasteiger partial charge in [-0.3, -0.25) is 9.78 Å². The van der Waals surface area contributed by atoms with Crippen molar-refractivity contribution in [1.29, 1.82) is 0 Å². The van der Waals surface area contributed by atoms with E-state index < -0.39 is 11.7 Å². The van der Waals surface area contributed by atoms with Crippen molar-refractivity contribution in [2.45, 2.75) is 12.6 Å². The lowest BCUT2D eigenvalue weighted by Crippen LogP contribution is -2.26. The van der Waals surface area contributed by atoms with Crippen molar-refractivity contribution in [1.82, 2.24) is 25.1 Å². The molecule has 3 heterocycles. The molecule has 174 valence electrons. The molecule has 1 amide bonds. The number of aromatic nitrogens is 4. The van der Waals surface area contributed by atoms with E-state index in [0.717, 1.165) is 23.5 Å². The van der Waals surface area contributed by atoms with Crippen molar-refractivity contribution in [2.75, 3.05) is 18.4 Å². The lowest BCUT2D eigenvalue weighted by atomic mass is 10.1. The molecule has 34 heavy (non-hydrogen) atoms. The SMILES string of the molecule is O=C(NCCCNc1ccc(C(F)(F)F)cn1)c1cn(-c2ccccc2)nc1-c1cccnc1. The summed E-state index contributed by atoms with van der Waals surface area (Å²) in [4.78, 5) is 20.8. The number of nitrogens with one attached hydrogen (secondary N) is 2. The summed E-state index contributed by atoms with van der Waals surface area (Å²) in [6.07, 6.45) is 1.89. The topological polar surface area (TPSA) is 84.7 Å². The highest BCUT2D eigenvalue weighted by Gasteiger charge is 2.30. The number of para-hydroxylation sites is 1. The molecule has 0 unspecified atom stereocenters. The van der Waals surface area contributed by atoms with Gasteiger partial charge in [-0.25, -0.2) is 9.67 Å². The molecule has 0 saturated heterocycles. The number of amides is 1. The number of rotatable bonds is 8. The van der Waals surface area contributed by atoms with Gasteiger partial charge >= 0.3 is 6.18 Å². The van der Waals surface area contributed by atoms with E-state index in [4.69, 9.17) is 0 Å². The Morgan fingerprint density at radius 2 is 1.79 bits per heavy atom. The van der Waals surface area contributed by atoms with E-state index in [-0.39, 0.29) is 5.91 Å². The summed E-state index contributed by atoms with van der Waals surface area (Å²) in [5.41, 5.74) is 1.67. The number of halogens is 3. The smallest absolute Gasteiger partial charge is 0.370 e. The van der Waals surface area contributed by atoms with Gasteiger partial charge in [0.1, 0.15) is 11.5 Å². The number of carbonyl (C=O) groups excluding carboxylic acids is 1. The van der Waals surface area contributed by atoms with Gasteiger partial charge in [-0.2, -0.15) is 18.3 Å². The van der Waals surface area contributed by atoms with Gasteiger partial charge in [-0.15, -0.1) is 0 Å².